The van der Waals surface area contributed by atoms with Crippen LogP contribution < -0.4 is 5.32 Å². The number of aryl methyl sites for hydroxylation is 1. The quantitative estimate of drug-likeness (QED) is 0.790. The monoisotopic (exact) mass is 193 g/mol. The summed E-state index contributed by atoms with van der Waals surface area (Å²) in [6.45, 7) is 5.35. The van der Waals surface area contributed by atoms with Gasteiger partial charge in [0.25, 0.3) is 0 Å². The SMILES string of the molecule is CCNC(c1cnn(C)c1C)C1CC1. The first-order valence-corrected chi connectivity index (χ1v) is 5.46. The summed E-state index contributed by atoms with van der Waals surface area (Å²) in [5.74, 6) is 0.845. The van der Waals surface area contributed by atoms with Crippen LogP contribution in [-0.4, -0.2) is 16.3 Å². The molecule has 1 aromatic heterocycles. The Balaban J connectivity index is 2.20. The van der Waals surface area contributed by atoms with E-state index < -0.39 is 0 Å². The number of aromatic nitrogens is 2. The first-order chi connectivity index (χ1) is 6.74. The van der Waals surface area contributed by atoms with Crippen LogP contribution in [0.25, 0.3) is 0 Å². The second-order valence-corrected chi connectivity index (χ2v) is 4.18. The fraction of sp³-hybridized carbons (Fsp3) is 0.727. The molecule has 1 fully saturated rings. The molecule has 1 aromatic rings. The highest BCUT2D eigenvalue weighted by Crippen LogP contribution is 2.41. The van der Waals surface area contributed by atoms with Gasteiger partial charge >= 0.3 is 0 Å². The second kappa shape index (κ2) is 3.73. The highest BCUT2D eigenvalue weighted by Gasteiger charge is 2.33. The van der Waals surface area contributed by atoms with Gasteiger partial charge in [-0.25, -0.2) is 0 Å². The average Bonchev–Trinajstić information content (AvgIpc) is 2.94. The van der Waals surface area contributed by atoms with Gasteiger partial charge in [0.15, 0.2) is 0 Å². The van der Waals surface area contributed by atoms with Crippen LogP contribution in [0.15, 0.2) is 6.20 Å². The van der Waals surface area contributed by atoms with Crippen molar-refractivity contribution in [3.63, 3.8) is 0 Å². The van der Waals surface area contributed by atoms with Gasteiger partial charge in [-0.1, -0.05) is 6.92 Å². The summed E-state index contributed by atoms with van der Waals surface area (Å²) in [6, 6.07) is 0.536. The van der Waals surface area contributed by atoms with E-state index in [-0.39, 0.29) is 0 Å². The topological polar surface area (TPSA) is 29.9 Å². The summed E-state index contributed by atoms with van der Waals surface area (Å²) in [6.07, 6.45) is 4.75. The molecule has 1 N–H and O–H groups in total. The maximum Gasteiger partial charge on any atom is 0.0540 e. The van der Waals surface area contributed by atoms with Gasteiger partial charge in [-0.3, -0.25) is 4.68 Å². The van der Waals surface area contributed by atoms with Gasteiger partial charge in [-0.2, -0.15) is 5.10 Å². The molecule has 0 amide bonds. The van der Waals surface area contributed by atoms with E-state index in [0.29, 0.717) is 6.04 Å². The predicted octanol–water partition coefficient (Wildman–Crippen LogP) is 1.79. The number of nitrogens with zero attached hydrogens (tertiary/aromatic N) is 2. The highest BCUT2D eigenvalue weighted by molar-refractivity contribution is 5.22. The summed E-state index contributed by atoms with van der Waals surface area (Å²) < 4.78 is 1.96. The lowest BCUT2D eigenvalue weighted by atomic mass is 10.0. The molecule has 78 valence electrons. The zero-order chi connectivity index (χ0) is 10.1. The van der Waals surface area contributed by atoms with E-state index >= 15 is 0 Å². The first kappa shape index (κ1) is 9.71. The highest BCUT2D eigenvalue weighted by atomic mass is 15.3. The minimum atomic E-state index is 0.536. The predicted molar refractivity (Wildman–Crippen MR) is 57.1 cm³/mol. The maximum absolute atomic E-state index is 4.31. The fourth-order valence-corrected chi connectivity index (χ4v) is 2.00. The van der Waals surface area contributed by atoms with Gasteiger partial charge in [0.05, 0.1) is 6.20 Å². The average molecular weight is 193 g/mol. The lowest BCUT2D eigenvalue weighted by Crippen LogP contribution is -2.23. The van der Waals surface area contributed by atoms with Crippen molar-refractivity contribution in [2.45, 2.75) is 32.7 Å². The van der Waals surface area contributed by atoms with Gasteiger partial charge in [-0.15, -0.1) is 0 Å². The van der Waals surface area contributed by atoms with E-state index in [0.717, 1.165) is 12.5 Å². The lowest BCUT2D eigenvalue weighted by Gasteiger charge is -2.16. The largest absolute Gasteiger partial charge is 0.310 e. The van der Waals surface area contributed by atoms with Crippen LogP contribution in [0.1, 0.15) is 37.1 Å². The van der Waals surface area contributed by atoms with Crippen molar-refractivity contribution >= 4 is 0 Å². The standard InChI is InChI=1S/C11H19N3/c1-4-12-11(9-5-6-9)10-7-13-14(3)8(10)2/h7,9,11-12H,4-6H2,1-3H3. The molecule has 1 saturated carbocycles. The molecule has 3 heteroatoms. The Kier molecular flexibility index (Phi) is 2.59. The van der Waals surface area contributed by atoms with Crippen LogP contribution in [0.2, 0.25) is 0 Å². The molecule has 1 atom stereocenters. The Morgan fingerprint density at radius 1 is 1.64 bits per heavy atom. The Labute approximate surface area is 85.5 Å². The van der Waals surface area contributed by atoms with Crippen LogP contribution in [0, 0.1) is 12.8 Å². The number of hydrogen-bond donors (Lipinski definition) is 1. The van der Waals surface area contributed by atoms with Crippen LogP contribution in [0.4, 0.5) is 0 Å². The Bertz CT molecular complexity index is 312. The smallest absolute Gasteiger partial charge is 0.0540 e. The molecule has 1 aliphatic rings. The van der Waals surface area contributed by atoms with Crippen molar-refractivity contribution in [2.75, 3.05) is 6.54 Å². The van der Waals surface area contributed by atoms with Crippen LogP contribution in [0.5, 0.6) is 0 Å². The van der Waals surface area contributed by atoms with Gasteiger partial charge in [0, 0.05) is 24.3 Å². The minimum Gasteiger partial charge on any atom is -0.310 e. The normalized spacial score (nSPS) is 18.5. The molecule has 3 nitrogen and oxygen atoms in total. The lowest BCUT2D eigenvalue weighted by molar-refractivity contribution is 0.493. The summed E-state index contributed by atoms with van der Waals surface area (Å²) >= 11 is 0. The van der Waals surface area contributed by atoms with E-state index in [9.17, 15) is 0 Å². The van der Waals surface area contributed by atoms with Crippen molar-refractivity contribution < 1.29 is 0 Å². The molecule has 1 aliphatic carbocycles. The van der Waals surface area contributed by atoms with Crippen LogP contribution in [-0.2, 0) is 7.05 Å². The van der Waals surface area contributed by atoms with Gasteiger partial charge in [-0.05, 0) is 32.2 Å². The van der Waals surface area contributed by atoms with Gasteiger partial charge in [0.1, 0.15) is 0 Å². The summed E-state index contributed by atoms with van der Waals surface area (Å²) in [4.78, 5) is 0. The van der Waals surface area contributed by atoms with Crippen molar-refractivity contribution in [3.8, 4) is 0 Å². The molecule has 0 bridgehead atoms. The third-order valence-corrected chi connectivity index (χ3v) is 3.13. The van der Waals surface area contributed by atoms with Crippen LogP contribution >= 0.6 is 0 Å². The molecule has 2 rings (SSSR count). The van der Waals surface area contributed by atoms with E-state index in [1.165, 1.54) is 24.1 Å². The number of hydrogen-bond acceptors (Lipinski definition) is 2. The summed E-state index contributed by atoms with van der Waals surface area (Å²) in [5, 5.41) is 7.87. The third kappa shape index (κ3) is 1.69. The maximum atomic E-state index is 4.31. The fourth-order valence-electron chi connectivity index (χ4n) is 2.00. The molecule has 0 aromatic carbocycles. The van der Waals surface area contributed by atoms with Gasteiger partial charge < -0.3 is 5.32 Å². The molecule has 1 heterocycles. The van der Waals surface area contributed by atoms with Crippen molar-refractivity contribution in [2.24, 2.45) is 13.0 Å². The minimum absolute atomic E-state index is 0.536. The molecule has 0 saturated heterocycles. The van der Waals surface area contributed by atoms with Crippen LogP contribution in [0.3, 0.4) is 0 Å². The van der Waals surface area contributed by atoms with Crippen molar-refractivity contribution in [1.82, 2.24) is 15.1 Å². The molecule has 14 heavy (non-hydrogen) atoms. The molecule has 0 spiro atoms. The van der Waals surface area contributed by atoms with E-state index in [1.54, 1.807) is 0 Å². The Hall–Kier alpha value is -0.830. The number of nitrogens with one attached hydrogen (secondary N) is 1. The summed E-state index contributed by atoms with van der Waals surface area (Å²) in [5.41, 5.74) is 2.68. The van der Waals surface area contributed by atoms with E-state index in [4.69, 9.17) is 0 Å². The molecular weight excluding hydrogens is 174 g/mol. The third-order valence-electron chi connectivity index (χ3n) is 3.13. The van der Waals surface area contributed by atoms with Gasteiger partial charge in [0.2, 0.25) is 0 Å². The Morgan fingerprint density at radius 3 is 2.79 bits per heavy atom. The molecule has 0 radical (unpaired) electrons. The second-order valence-electron chi connectivity index (χ2n) is 4.18. The summed E-state index contributed by atoms with van der Waals surface area (Å²) in [7, 11) is 2.01. The molecule has 1 unspecified atom stereocenters. The zero-order valence-electron chi connectivity index (χ0n) is 9.25. The van der Waals surface area contributed by atoms with Crippen molar-refractivity contribution in [1.29, 1.82) is 0 Å². The zero-order valence-corrected chi connectivity index (χ0v) is 9.25. The molecule has 0 aliphatic heterocycles. The van der Waals surface area contributed by atoms with E-state index in [2.05, 4.69) is 24.3 Å². The number of rotatable bonds is 4. The first-order valence-electron chi connectivity index (χ1n) is 5.46. The molecular formula is C11H19N3. The Morgan fingerprint density at radius 2 is 2.36 bits per heavy atom. The van der Waals surface area contributed by atoms with Crippen molar-refractivity contribution in [3.05, 3.63) is 17.5 Å². The van der Waals surface area contributed by atoms with E-state index in [1.807, 2.05) is 17.9 Å².